The zero-order valence-electron chi connectivity index (χ0n) is 13.8. The molecule has 0 radical (unpaired) electrons. The van der Waals surface area contributed by atoms with Crippen LogP contribution < -0.4 is 14.8 Å². The Kier molecular flexibility index (Phi) is 7.91. The molecule has 3 nitrogen and oxygen atoms in total. The number of halogens is 1. The molecule has 0 saturated carbocycles. The molecule has 0 fully saturated rings. The van der Waals surface area contributed by atoms with Crippen molar-refractivity contribution in [1.82, 2.24) is 5.32 Å². The Morgan fingerprint density at radius 1 is 1.19 bits per heavy atom. The van der Waals surface area contributed by atoms with Gasteiger partial charge >= 0.3 is 0 Å². The zero-order valence-corrected chi connectivity index (χ0v) is 14.6. The van der Waals surface area contributed by atoms with E-state index in [0.717, 1.165) is 24.2 Å². The Balaban J connectivity index is 2.81. The van der Waals surface area contributed by atoms with Gasteiger partial charge in [0.2, 0.25) is 0 Å². The normalized spacial score (nSPS) is 11.2. The molecule has 0 aliphatic rings. The van der Waals surface area contributed by atoms with E-state index in [-0.39, 0.29) is 0 Å². The molecule has 0 spiro atoms. The Labute approximate surface area is 134 Å². The molecular weight excluding hydrogens is 286 g/mol. The van der Waals surface area contributed by atoms with Gasteiger partial charge in [0.25, 0.3) is 0 Å². The third kappa shape index (κ3) is 6.58. The van der Waals surface area contributed by atoms with E-state index in [2.05, 4.69) is 33.0 Å². The van der Waals surface area contributed by atoms with Gasteiger partial charge in [-0.25, -0.2) is 0 Å². The molecule has 1 rings (SSSR count). The molecule has 0 aliphatic heterocycles. The summed E-state index contributed by atoms with van der Waals surface area (Å²) < 4.78 is 11.4. The smallest absolute Gasteiger partial charge is 0.165 e. The quantitative estimate of drug-likeness (QED) is 0.672. The molecule has 21 heavy (non-hydrogen) atoms. The first-order valence-corrected chi connectivity index (χ1v) is 8.04. The van der Waals surface area contributed by atoms with Crippen molar-refractivity contribution >= 4 is 11.6 Å². The summed E-state index contributed by atoms with van der Waals surface area (Å²) >= 11 is 6.16. The topological polar surface area (TPSA) is 30.5 Å². The second-order valence-electron chi connectivity index (χ2n) is 6.02. The monoisotopic (exact) mass is 313 g/mol. The Hall–Kier alpha value is -0.930. The van der Waals surface area contributed by atoms with Crippen molar-refractivity contribution < 1.29 is 9.47 Å². The lowest BCUT2D eigenvalue weighted by Gasteiger charge is -2.17. The first kappa shape index (κ1) is 18.1. The summed E-state index contributed by atoms with van der Waals surface area (Å²) in [6.07, 6.45) is 2.20. The molecule has 1 aromatic rings. The van der Waals surface area contributed by atoms with Crippen molar-refractivity contribution in [1.29, 1.82) is 0 Å². The largest absolute Gasteiger partial charge is 0.493 e. The lowest BCUT2D eigenvalue weighted by molar-refractivity contribution is 0.276. The number of hydrogen-bond acceptors (Lipinski definition) is 3. The Morgan fingerprint density at radius 2 is 1.90 bits per heavy atom. The summed E-state index contributed by atoms with van der Waals surface area (Å²) in [6.45, 7) is 10.1. The molecule has 120 valence electrons. The molecule has 0 unspecified atom stereocenters. The summed E-state index contributed by atoms with van der Waals surface area (Å²) in [4.78, 5) is 0. The lowest BCUT2D eigenvalue weighted by atomic mass is 10.1. The van der Waals surface area contributed by atoms with Crippen LogP contribution in [0.5, 0.6) is 11.5 Å². The van der Waals surface area contributed by atoms with Crippen molar-refractivity contribution in [3.05, 3.63) is 22.7 Å². The van der Waals surface area contributed by atoms with Gasteiger partial charge in [-0.05, 0) is 24.8 Å². The van der Waals surface area contributed by atoms with Gasteiger partial charge in [-0.15, -0.1) is 0 Å². The summed E-state index contributed by atoms with van der Waals surface area (Å²) in [5.41, 5.74) is 1.04. The number of benzene rings is 1. The highest BCUT2D eigenvalue weighted by Crippen LogP contribution is 2.35. The Morgan fingerprint density at radius 3 is 2.48 bits per heavy atom. The molecule has 0 atom stereocenters. The summed E-state index contributed by atoms with van der Waals surface area (Å²) in [5.74, 6) is 2.20. The third-order valence-electron chi connectivity index (χ3n) is 3.19. The third-order valence-corrected chi connectivity index (χ3v) is 3.41. The number of ether oxygens (including phenoxy) is 2. The number of nitrogens with one attached hydrogen (secondary N) is 1. The van der Waals surface area contributed by atoms with E-state index in [1.807, 2.05) is 6.07 Å². The van der Waals surface area contributed by atoms with Gasteiger partial charge in [0.1, 0.15) is 0 Å². The van der Waals surface area contributed by atoms with Gasteiger partial charge in [0.15, 0.2) is 11.5 Å². The van der Waals surface area contributed by atoms with E-state index in [1.54, 1.807) is 13.2 Å². The van der Waals surface area contributed by atoms with Gasteiger partial charge in [-0.3, -0.25) is 0 Å². The van der Waals surface area contributed by atoms with Crippen molar-refractivity contribution in [2.45, 2.75) is 53.1 Å². The summed E-state index contributed by atoms with van der Waals surface area (Å²) in [7, 11) is 1.65. The van der Waals surface area contributed by atoms with Crippen LogP contribution in [0.25, 0.3) is 0 Å². The van der Waals surface area contributed by atoms with E-state index < -0.39 is 0 Å². The van der Waals surface area contributed by atoms with Crippen LogP contribution in [0.1, 0.15) is 46.1 Å². The van der Waals surface area contributed by atoms with Crippen molar-refractivity contribution in [2.24, 2.45) is 5.92 Å². The highest BCUT2D eigenvalue weighted by atomic mass is 35.5. The molecular formula is C17H28ClNO2. The maximum Gasteiger partial charge on any atom is 0.165 e. The molecule has 0 aliphatic carbocycles. The number of hydrogen-bond donors (Lipinski definition) is 1. The van der Waals surface area contributed by atoms with Crippen LogP contribution in [0, 0.1) is 5.92 Å². The first-order valence-electron chi connectivity index (χ1n) is 7.66. The average Bonchev–Trinajstić information content (AvgIpc) is 2.41. The van der Waals surface area contributed by atoms with Crippen LogP contribution in [0.3, 0.4) is 0 Å². The van der Waals surface area contributed by atoms with E-state index in [9.17, 15) is 0 Å². The van der Waals surface area contributed by atoms with Crippen LogP contribution in [-0.2, 0) is 6.54 Å². The fourth-order valence-corrected chi connectivity index (χ4v) is 2.28. The standard InChI is InChI=1S/C17H28ClNO2/c1-12(2)7-6-8-21-17-14(11-19-13(3)4)9-15(18)10-16(17)20-5/h9-10,12-13,19H,6-8,11H2,1-5H3. The van der Waals surface area contributed by atoms with Crippen LogP contribution in [-0.4, -0.2) is 19.8 Å². The SMILES string of the molecule is COc1cc(Cl)cc(CNC(C)C)c1OCCCC(C)C. The predicted octanol–water partition coefficient (Wildman–Crippen LogP) is 4.66. The summed E-state index contributed by atoms with van der Waals surface area (Å²) in [5, 5.41) is 4.06. The van der Waals surface area contributed by atoms with Gasteiger partial charge in [0, 0.05) is 29.2 Å². The van der Waals surface area contributed by atoms with E-state index in [0.29, 0.717) is 35.9 Å². The zero-order chi connectivity index (χ0) is 15.8. The molecule has 4 heteroatoms. The van der Waals surface area contributed by atoms with E-state index in [4.69, 9.17) is 21.1 Å². The maximum absolute atomic E-state index is 6.16. The van der Waals surface area contributed by atoms with Crippen LogP contribution in [0.15, 0.2) is 12.1 Å². The van der Waals surface area contributed by atoms with Crippen LogP contribution in [0.2, 0.25) is 5.02 Å². The van der Waals surface area contributed by atoms with Gasteiger partial charge in [0.05, 0.1) is 13.7 Å². The minimum atomic E-state index is 0.406. The highest BCUT2D eigenvalue weighted by Gasteiger charge is 2.13. The number of rotatable bonds is 9. The van der Waals surface area contributed by atoms with E-state index in [1.165, 1.54) is 0 Å². The maximum atomic E-state index is 6.16. The van der Waals surface area contributed by atoms with Crippen molar-refractivity contribution in [2.75, 3.05) is 13.7 Å². The highest BCUT2D eigenvalue weighted by molar-refractivity contribution is 6.30. The molecule has 0 heterocycles. The minimum Gasteiger partial charge on any atom is -0.493 e. The van der Waals surface area contributed by atoms with Crippen LogP contribution in [0.4, 0.5) is 0 Å². The fourth-order valence-electron chi connectivity index (χ4n) is 2.05. The summed E-state index contributed by atoms with van der Waals surface area (Å²) in [6, 6.07) is 4.15. The van der Waals surface area contributed by atoms with Gasteiger partial charge in [-0.2, -0.15) is 0 Å². The van der Waals surface area contributed by atoms with Gasteiger partial charge in [-0.1, -0.05) is 39.3 Å². The predicted molar refractivity (Wildman–Crippen MR) is 89.5 cm³/mol. The minimum absolute atomic E-state index is 0.406. The molecule has 0 saturated heterocycles. The molecule has 1 aromatic carbocycles. The number of methoxy groups -OCH3 is 1. The fraction of sp³-hybridized carbons (Fsp3) is 0.647. The molecule has 1 N–H and O–H groups in total. The van der Waals surface area contributed by atoms with Crippen LogP contribution >= 0.6 is 11.6 Å². The Bertz CT molecular complexity index is 433. The second kappa shape index (κ2) is 9.16. The molecule has 0 aromatic heterocycles. The van der Waals surface area contributed by atoms with E-state index >= 15 is 0 Å². The average molecular weight is 314 g/mol. The first-order chi connectivity index (χ1) is 9.93. The van der Waals surface area contributed by atoms with Crippen molar-refractivity contribution in [3.8, 4) is 11.5 Å². The lowest BCUT2D eigenvalue weighted by Crippen LogP contribution is -2.22. The molecule has 0 bridgehead atoms. The van der Waals surface area contributed by atoms with Crippen molar-refractivity contribution in [3.63, 3.8) is 0 Å². The van der Waals surface area contributed by atoms with Gasteiger partial charge < -0.3 is 14.8 Å². The molecule has 0 amide bonds. The second-order valence-corrected chi connectivity index (χ2v) is 6.45.